The maximum atomic E-state index is 12.2. The number of nitrogens with zero attached hydrogens (tertiary/aromatic N) is 3. The maximum Gasteiger partial charge on any atom is 0.390 e. The zero-order valence-electron chi connectivity index (χ0n) is 13.3. The molecule has 2 rings (SSSR count). The van der Waals surface area contributed by atoms with E-state index < -0.39 is 12.6 Å². The predicted octanol–water partition coefficient (Wildman–Crippen LogP) is 2.22. The summed E-state index contributed by atoms with van der Waals surface area (Å²) >= 11 is 0. The van der Waals surface area contributed by atoms with E-state index in [1.165, 1.54) is 0 Å². The van der Waals surface area contributed by atoms with Crippen molar-refractivity contribution in [2.24, 2.45) is 0 Å². The Hall–Kier alpha value is -1.57. The van der Waals surface area contributed by atoms with E-state index >= 15 is 0 Å². The number of hydrogen-bond acceptors (Lipinski definition) is 3. The maximum absolute atomic E-state index is 12.2. The molecule has 130 valence electrons. The molecule has 0 saturated carbocycles. The second kappa shape index (κ2) is 7.81. The van der Waals surface area contributed by atoms with Crippen molar-refractivity contribution in [1.82, 2.24) is 19.8 Å². The zero-order valence-corrected chi connectivity index (χ0v) is 13.3. The average Bonchev–Trinajstić information content (AvgIpc) is 3.03. The molecular weight excluding hydrogens is 309 g/mol. The van der Waals surface area contributed by atoms with Crippen LogP contribution < -0.4 is 0 Å². The molecule has 1 aromatic heterocycles. The molecule has 1 fully saturated rings. The highest BCUT2D eigenvalue weighted by atomic mass is 19.4. The van der Waals surface area contributed by atoms with Gasteiger partial charge in [-0.25, -0.2) is 4.98 Å². The summed E-state index contributed by atoms with van der Waals surface area (Å²) < 4.78 is 36.7. The lowest BCUT2D eigenvalue weighted by atomic mass is 10.0. The predicted molar refractivity (Wildman–Crippen MR) is 79.8 cm³/mol. The van der Waals surface area contributed by atoms with Gasteiger partial charge < -0.3 is 14.8 Å². The van der Waals surface area contributed by atoms with Gasteiger partial charge in [0.25, 0.3) is 0 Å². The van der Waals surface area contributed by atoms with Gasteiger partial charge in [-0.3, -0.25) is 4.79 Å². The number of aromatic amines is 1. The van der Waals surface area contributed by atoms with E-state index in [4.69, 9.17) is 0 Å². The van der Waals surface area contributed by atoms with Crippen molar-refractivity contribution in [2.75, 3.05) is 26.7 Å². The Morgan fingerprint density at radius 3 is 2.70 bits per heavy atom. The minimum absolute atomic E-state index is 0.0480. The molecule has 0 aromatic carbocycles. The van der Waals surface area contributed by atoms with Crippen LogP contribution in [-0.4, -0.2) is 64.6 Å². The summed E-state index contributed by atoms with van der Waals surface area (Å²) in [6.07, 6.45) is 0.909. The van der Waals surface area contributed by atoms with Gasteiger partial charge >= 0.3 is 6.18 Å². The molecule has 1 saturated heterocycles. The van der Waals surface area contributed by atoms with Gasteiger partial charge in [-0.1, -0.05) is 0 Å². The first kappa shape index (κ1) is 17.8. The number of aromatic nitrogens is 2. The van der Waals surface area contributed by atoms with E-state index in [0.29, 0.717) is 25.9 Å². The summed E-state index contributed by atoms with van der Waals surface area (Å²) in [5, 5.41) is 0. The van der Waals surface area contributed by atoms with Gasteiger partial charge in [-0.15, -0.1) is 0 Å². The number of imidazole rings is 1. The van der Waals surface area contributed by atoms with Crippen molar-refractivity contribution in [3.8, 4) is 0 Å². The van der Waals surface area contributed by atoms with E-state index in [1.54, 1.807) is 24.3 Å². The number of amides is 1. The first-order valence-corrected chi connectivity index (χ1v) is 7.88. The first-order chi connectivity index (χ1) is 10.8. The second-order valence-corrected chi connectivity index (χ2v) is 5.98. The van der Waals surface area contributed by atoms with E-state index in [-0.39, 0.29) is 18.5 Å². The molecule has 1 amide bonds. The van der Waals surface area contributed by atoms with Gasteiger partial charge in [-0.05, 0) is 12.8 Å². The average molecular weight is 332 g/mol. The summed E-state index contributed by atoms with van der Waals surface area (Å²) in [5.74, 6) is 0.837. The Bertz CT molecular complexity index is 481. The van der Waals surface area contributed by atoms with Crippen LogP contribution in [-0.2, 0) is 11.2 Å². The molecule has 23 heavy (non-hydrogen) atoms. The fourth-order valence-electron chi connectivity index (χ4n) is 2.86. The summed E-state index contributed by atoms with van der Waals surface area (Å²) in [5.41, 5.74) is 0. The number of aryl methyl sites for hydroxylation is 1. The molecule has 0 atom stereocenters. The number of carbonyl (C=O) groups excluding carboxylic acids is 1. The molecule has 1 aliphatic rings. The third kappa shape index (κ3) is 5.85. The smallest absolute Gasteiger partial charge is 0.349 e. The van der Waals surface area contributed by atoms with E-state index in [9.17, 15) is 18.0 Å². The monoisotopic (exact) mass is 332 g/mol. The number of nitrogens with one attached hydrogen (secondary N) is 1. The van der Waals surface area contributed by atoms with Crippen molar-refractivity contribution in [3.63, 3.8) is 0 Å². The normalized spacial score (nSPS) is 17.4. The van der Waals surface area contributed by atoms with Crippen LogP contribution in [0.2, 0.25) is 0 Å². The van der Waals surface area contributed by atoms with Gasteiger partial charge in [0, 0.05) is 58.0 Å². The molecule has 2 heterocycles. The van der Waals surface area contributed by atoms with Crippen LogP contribution in [0.25, 0.3) is 0 Å². The van der Waals surface area contributed by atoms with Crippen molar-refractivity contribution in [1.29, 1.82) is 0 Å². The number of hydrogen-bond donors (Lipinski definition) is 1. The molecule has 1 aromatic rings. The fraction of sp³-hybridized carbons (Fsp3) is 0.733. The Balaban J connectivity index is 1.70. The molecule has 1 aliphatic heterocycles. The molecule has 8 heteroatoms. The fourth-order valence-corrected chi connectivity index (χ4v) is 2.86. The number of likely N-dealkylation sites (tertiary alicyclic amines) is 1. The summed E-state index contributed by atoms with van der Waals surface area (Å²) in [6, 6.07) is 0.112. The largest absolute Gasteiger partial charge is 0.390 e. The third-order valence-electron chi connectivity index (χ3n) is 4.34. The topological polar surface area (TPSA) is 52.2 Å². The minimum atomic E-state index is -4.10. The highest BCUT2D eigenvalue weighted by Crippen LogP contribution is 2.22. The number of piperidine rings is 1. The molecule has 0 spiro atoms. The van der Waals surface area contributed by atoms with Crippen molar-refractivity contribution in [3.05, 3.63) is 18.2 Å². The van der Waals surface area contributed by atoms with Crippen LogP contribution in [0.1, 0.15) is 31.5 Å². The van der Waals surface area contributed by atoms with Crippen LogP contribution in [0.4, 0.5) is 13.2 Å². The van der Waals surface area contributed by atoms with Gasteiger partial charge in [0.2, 0.25) is 5.91 Å². The SMILES string of the molecule is CN(C(=O)CCc1ncc[nH]1)C1CCN(CCC(F)(F)F)CC1. The Kier molecular flexibility index (Phi) is 6.04. The number of H-pyrrole nitrogens is 1. The molecule has 0 unspecified atom stereocenters. The standard InChI is InChI=1S/C15H23F3N4O/c1-21(14(23)3-2-13-19-7-8-20-13)12-4-9-22(10-5-12)11-6-15(16,17)18/h7-8,12H,2-6,9-11H2,1H3,(H,19,20). The third-order valence-corrected chi connectivity index (χ3v) is 4.34. The van der Waals surface area contributed by atoms with Gasteiger partial charge in [0.05, 0.1) is 6.42 Å². The van der Waals surface area contributed by atoms with Gasteiger partial charge in [0.1, 0.15) is 5.82 Å². The molecule has 1 N–H and O–H groups in total. The number of rotatable bonds is 6. The van der Waals surface area contributed by atoms with Crippen LogP contribution in [0.3, 0.4) is 0 Å². The van der Waals surface area contributed by atoms with Gasteiger partial charge in [0.15, 0.2) is 0 Å². The van der Waals surface area contributed by atoms with Crippen molar-refractivity contribution >= 4 is 5.91 Å². The van der Waals surface area contributed by atoms with Crippen LogP contribution in [0.15, 0.2) is 12.4 Å². The van der Waals surface area contributed by atoms with E-state index in [0.717, 1.165) is 18.7 Å². The quantitative estimate of drug-likeness (QED) is 0.869. The highest BCUT2D eigenvalue weighted by Gasteiger charge is 2.30. The Labute approximate surface area is 133 Å². The Morgan fingerprint density at radius 2 is 2.13 bits per heavy atom. The first-order valence-electron chi connectivity index (χ1n) is 7.88. The summed E-state index contributed by atoms with van der Waals surface area (Å²) in [7, 11) is 1.78. The molecule has 0 bridgehead atoms. The summed E-state index contributed by atoms with van der Waals surface area (Å²) in [6.45, 7) is 1.26. The van der Waals surface area contributed by atoms with Crippen LogP contribution in [0, 0.1) is 0 Å². The molecule has 5 nitrogen and oxygen atoms in total. The molecule has 0 aliphatic carbocycles. The molecule has 0 radical (unpaired) electrons. The lowest BCUT2D eigenvalue weighted by molar-refractivity contribution is -0.139. The minimum Gasteiger partial charge on any atom is -0.349 e. The van der Waals surface area contributed by atoms with E-state index in [1.807, 2.05) is 4.90 Å². The number of halogens is 3. The van der Waals surface area contributed by atoms with Crippen molar-refractivity contribution < 1.29 is 18.0 Å². The van der Waals surface area contributed by atoms with Crippen molar-refractivity contribution in [2.45, 2.75) is 44.3 Å². The lowest BCUT2D eigenvalue weighted by Crippen LogP contribution is -2.46. The highest BCUT2D eigenvalue weighted by molar-refractivity contribution is 5.76. The zero-order chi connectivity index (χ0) is 16.9. The van der Waals surface area contributed by atoms with Crippen LogP contribution >= 0.6 is 0 Å². The summed E-state index contributed by atoms with van der Waals surface area (Å²) in [4.78, 5) is 22.8. The lowest BCUT2D eigenvalue weighted by Gasteiger charge is -2.37. The second-order valence-electron chi connectivity index (χ2n) is 5.98. The molecular formula is C15H23F3N4O. The number of carbonyl (C=O) groups is 1. The number of alkyl halides is 3. The van der Waals surface area contributed by atoms with Gasteiger partial charge in [-0.2, -0.15) is 13.2 Å². The Morgan fingerprint density at radius 1 is 1.43 bits per heavy atom. The van der Waals surface area contributed by atoms with Crippen LogP contribution in [0.5, 0.6) is 0 Å². The van der Waals surface area contributed by atoms with E-state index in [2.05, 4.69) is 9.97 Å².